The smallest absolute Gasteiger partial charge is 0.0541 e. The molecule has 0 aliphatic rings. The van der Waals surface area contributed by atoms with E-state index in [4.69, 9.17) is 0 Å². The number of para-hydroxylation sites is 3. The largest absolute Gasteiger partial charge is 0.0602 e. The summed E-state index contributed by atoms with van der Waals surface area (Å²) in [5.41, 5.74) is 14.2. The van der Waals surface area contributed by atoms with Crippen LogP contribution in [0.1, 0.15) is 0 Å². The third-order valence-corrected chi connectivity index (χ3v) is 14.6. The number of hydrogen-bond acceptors (Lipinski definition) is 1. The van der Waals surface area contributed by atoms with Crippen molar-refractivity contribution < 1.29 is 0 Å². The maximum atomic E-state index is 2.41. The molecule has 0 fully saturated rings. The van der Waals surface area contributed by atoms with Crippen molar-refractivity contribution in [1.29, 1.82) is 0 Å². The van der Waals surface area contributed by atoms with Gasteiger partial charge in [0.2, 0.25) is 0 Å². The summed E-state index contributed by atoms with van der Waals surface area (Å²) < 4.78 is 5.31. The molecule has 0 spiro atoms. The molecule has 0 N–H and O–H groups in total. The van der Waals surface area contributed by atoms with E-state index in [9.17, 15) is 0 Å². The van der Waals surface area contributed by atoms with Gasteiger partial charge in [0.05, 0.1) is 11.0 Å². The van der Waals surface area contributed by atoms with Crippen LogP contribution in [-0.4, -0.2) is 19.1 Å². The standard InChI is InChI=1S/C58H38N2Se/c1-2-14-46(15-3-1)60-55-20-10-7-17-50(55)53-37-43(29-35-56(53)60)40-24-30-47(31-25-40)59(54-19-9-6-16-49(54)45-23-22-39-12-4-5-13-42(39)36-45)48-32-26-41(27-33-48)44-28-34-52-51-18-8-11-21-57(51)61-58(52)38-44/h1-38H. The first-order valence-electron chi connectivity index (χ1n) is 20.8. The number of aromatic nitrogens is 1. The molecule has 10 aromatic carbocycles. The Morgan fingerprint density at radius 1 is 0.328 bits per heavy atom. The minimum Gasteiger partial charge on any atom is -0.0602 e. The van der Waals surface area contributed by atoms with Crippen molar-refractivity contribution >= 4 is 83.4 Å². The number of rotatable bonds is 7. The molecule has 0 atom stereocenters. The number of hydrogen-bond donors (Lipinski definition) is 0. The zero-order valence-corrected chi connectivity index (χ0v) is 35.0. The Hall–Kier alpha value is -7.42. The van der Waals surface area contributed by atoms with Gasteiger partial charge in [-0.25, -0.2) is 0 Å². The second-order valence-corrected chi connectivity index (χ2v) is 18.0. The fourth-order valence-electron chi connectivity index (χ4n) is 9.22. The second kappa shape index (κ2) is 14.7. The number of benzene rings is 10. The maximum Gasteiger partial charge on any atom is 0.0541 e. The molecule has 12 aromatic rings. The van der Waals surface area contributed by atoms with E-state index in [1.807, 2.05) is 0 Å². The third-order valence-electron chi connectivity index (χ3n) is 12.2. The molecule has 0 amide bonds. The molecule has 2 heterocycles. The van der Waals surface area contributed by atoms with Crippen LogP contribution in [0, 0.1) is 0 Å². The van der Waals surface area contributed by atoms with Crippen molar-refractivity contribution in [1.82, 2.24) is 4.57 Å². The monoisotopic (exact) mass is 842 g/mol. The molecule has 0 saturated carbocycles. The van der Waals surface area contributed by atoms with E-state index in [0.29, 0.717) is 14.5 Å². The summed E-state index contributed by atoms with van der Waals surface area (Å²) in [5.74, 6) is 0. The molecule has 12 rings (SSSR count). The predicted octanol–water partition coefficient (Wildman–Crippen LogP) is 15.8. The van der Waals surface area contributed by atoms with Crippen LogP contribution >= 0.6 is 0 Å². The minimum atomic E-state index is 0.324. The van der Waals surface area contributed by atoms with Crippen LogP contribution in [0.4, 0.5) is 17.1 Å². The quantitative estimate of drug-likeness (QED) is 0.145. The van der Waals surface area contributed by atoms with E-state index in [1.165, 1.54) is 90.9 Å². The first kappa shape index (κ1) is 35.5. The van der Waals surface area contributed by atoms with Gasteiger partial charge in [0.1, 0.15) is 0 Å². The molecule has 3 heteroatoms. The van der Waals surface area contributed by atoms with E-state index in [-0.39, 0.29) is 0 Å². The van der Waals surface area contributed by atoms with E-state index in [2.05, 4.69) is 240 Å². The van der Waals surface area contributed by atoms with Crippen molar-refractivity contribution in [3.8, 4) is 39.1 Å². The van der Waals surface area contributed by atoms with Gasteiger partial charge >= 0.3 is 211 Å². The summed E-state index contributed by atoms with van der Waals surface area (Å²) in [6.45, 7) is 0. The van der Waals surface area contributed by atoms with Gasteiger partial charge in [-0.05, 0) is 46.7 Å². The molecule has 0 aliphatic heterocycles. The summed E-state index contributed by atoms with van der Waals surface area (Å²) >= 11 is 0.324. The fourth-order valence-corrected chi connectivity index (χ4v) is 11.6. The van der Waals surface area contributed by atoms with E-state index >= 15 is 0 Å². The Labute approximate surface area is 360 Å². The molecule has 61 heavy (non-hydrogen) atoms. The molecule has 0 aliphatic carbocycles. The van der Waals surface area contributed by atoms with E-state index in [0.717, 1.165) is 17.1 Å². The summed E-state index contributed by atoms with van der Waals surface area (Å²) in [7, 11) is 0. The molecular weight excluding hydrogens is 804 g/mol. The SMILES string of the molecule is c1ccc(-n2c3ccccc3c3cc(-c4ccc(N(c5ccc(-c6ccc7c(c6)[se]c6ccccc67)cc5)c5ccccc5-c5ccc6ccccc6c5)cc4)ccc32)cc1. The first-order valence-corrected chi connectivity index (χ1v) is 22.5. The maximum absolute atomic E-state index is 2.41. The van der Waals surface area contributed by atoms with Gasteiger partial charge in [-0.15, -0.1) is 0 Å². The Kier molecular flexibility index (Phi) is 8.55. The molecule has 2 aromatic heterocycles. The van der Waals surface area contributed by atoms with Crippen LogP contribution in [0.3, 0.4) is 0 Å². The molecule has 2 nitrogen and oxygen atoms in total. The van der Waals surface area contributed by atoms with Gasteiger partial charge in [-0.1, -0.05) is 72.8 Å². The first-order chi connectivity index (χ1) is 30.2. The predicted molar refractivity (Wildman–Crippen MR) is 261 cm³/mol. The number of nitrogens with zero attached hydrogens (tertiary/aromatic N) is 2. The molecule has 0 radical (unpaired) electrons. The van der Waals surface area contributed by atoms with Crippen molar-refractivity contribution in [3.05, 3.63) is 231 Å². The zero-order chi connectivity index (χ0) is 40.3. The summed E-state index contributed by atoms with van der Waals surface area (Å²) in [4.78, 5) is 2.41. The van der Waals surface area contributed by atoms with Crippen LogP contribution in [0.15, 0.2) is 231 Å². The van der Waals surface area contributed by atoms with Crippen LogP contribution < -0.4 is 4.90 Å². The summed E-state index contributed by atoms with van der Waals surface area (Å²) in [6.07, 6.45) is 0. The van der Waals surface area contributed by atoms with Gasteiger partial charge in [0, 0.05) is 16.5 Å². The number of anilines is 3. The van der Waals surface area contributed by atoms with Crippen LogP contribution in [-0.2, 0) is 0 Å². The van der Waals surface area contributed by atoms with Gasteiger partial charge in [0.15, 0.2) is 0 Å². The molecule has 0 saturated heterocycles. The second-order valence-electron chi connectivity index (χ2n) is 15.7. The van der Waals surface area contributed by atoms with Gasteiger partial charge in [0.25, 0.3) is 0 Å². The topological polar surface area (TPSA) is 8.17 Å². The van der Waals surface area contributed by atoms with Gasteiger partial charge < -0.3 is 4.57 Å². The van der Waals surface area contributed by atoms with E-state index in [1.54, 1.807) is 0 Å². The summed E-state index contributed by atoms with van der Waals surface area (Å²) in [6, 6.07) is 84.6. The Morgan fingerprint density at radius 3 is 1.70 bits per heavy atom. The van der Waals surface area contributed by atoms with E-state index < -0.39 is 0 Å². The van der Waals surface area contributed by atoms with Gasteiger partial charge in [-0.3, -0.25) is 0 Å². The van der Waals surface area contributed by atoms with Crippen LogP contribution in [0.5, 0.6) is 0 Å². The fraction of sp³-hybridized carbons (Fsp3) is 0. The van der Waals surface area contributed by atoms with Crippen molar-refractivity contribution in [2.75, 3.05) is 4.90 Å². The van der Waals surface area contributed by atoms with Crippen molar-refractivity contribution in [2.45, 2.75) is 0 Å². The average Bonchev–Trinajstić information content (AvgIpc) is 3.87. The molecule has 0 unspecified atom stereocenters. The Bertz CT molecular complexity index is 3580. The average molecular weight is 842 g/mol. The number of fused-ring (bicyclic) bond motifs is 7. The third kappa shape index (κ3) is 6.18. The molecule has 286 valence electrons. The Morgan fingerprint density at radius 2 is 0.902 bits per heavy atom. The zero-order valence-electron chi connectivity index (χ0n) is 33.2. The summed E-state index contributed by atoms with van der Waals surface area (Å²) in [5, 5.41) is 7.76. The van der Waals surface area contributed by atoms with Crippen LogP contribution in [0.2, 0.25) is 0 Å². The van der Waals surface area contributed by atoms with Gasteiger partial charge in [-0.2, -0.15) is 0 Å². The normalized spacial score (nSPS) is 11.6. The molecular formula is C58H38N2Se. The Balaban J connectivity index is 0.960. The van der Waals surface area contributed by atoms with Crippen molar-refractivity contribution in [3.63, 3.8) is 0 Å². The minimum absolute atomic E-state index is 0.324. The molecule has 0 bridgehead atoms. The van der Waals surface area contributed by atoms with Crippen molar-refractivity contribution in [2.24, 2.45) is 0 Å². The van der Waals surface area contributed by atoms with Crippen LogP contribution in [0.25, 0.3) is 90.9 Å².